The molecule has 0 unspecified atom stereocenters. The number of nitrogens with zero attached hydrogens (tertiary/aromatic N) is 3. The maximum atomic E-state index is 13.8. The number of hydrogen-bond donors (Lipinski definition) is 3. The molecule has 210 valence electrons. The zero-order valence-corrected chi connectivity index (χ0v) is 22.6. The zero-order valence-electron chi connectivity index (χ0n) is 21.8. The Bertz CT molecular complexity index is 1420. The Labute approximate surface area is 235 Å². The van der Waals surface area contributed by atoms with E-state index in [0.29, 0.717) is 46.6 Å². The summed E-state index contributed by atoms with van der Waals surface area (Å²) in [6, 6.07) is 8.88. The number of methoxy groups -OCH3 is 1. The van der Waals surface area contributed by atoms with Crippen molar-refractivity contribution < 1.29 is 28.6 Å². The number of halogens is 2. The molecule has 0 radical (unpaired) electrons. The number of ether oxygens (including phenoxy) is 2. The van der Waals surface area contributed by atoms with Crippen molar-refractivity contribution in [2.24, 2.45) is 0 Å². The van der Waals surface area contributed by atoms with Gasteiger partial charge in [0.2, 0.25) is 11.9 Å². The van der Waals surface area contributed by atoms with Gasteiger partial charge in [0.05, 0.1) is 36.7 Å². The van der Waals surface area contributed by atoms with Gasteiger partial charge in [-0.2, -0.15) is 0 Å². The number of carbonyl (C=O) groups is 2. The lowest BCUT2D eigenvalue weighted by Gasteiger charge is -2.23. The Hall–Kier alpha value is -3.80. The molecule has 3 heterocycles. The molecule has 0 bridgehead atoms. The van der Waals surface area contributed by atoms with Crippen LogP contribution in [0.5, 0.6) is 5.75 Å². The maximum Gasteiger partial charge on any atom is 0.254 e. The Morgan fingerprint density at radius 1 is 1.27 bits per heavy atom. The quantitative estimate of drug-likeness (QED) is 0.358. The lowest BCUT2D eigenvalue weighted by molar-refractivity contribution is -0.122. The summed E-state index contributed by atoms with van der Waals surface area (Å²) in [7, 11) is 1.33. The van der Waals surface area contributed by atoms with Gasteiger partial charge in [0, 0.05) is 36.9 Å². The molecule has 0 saturated carbocycles. The zero-order chi connectivity index (χ0) is 28.2. The molecule has 1 saturated heterocycles. The van der Waals surface area contributed by atoms with Gasteiger partial charge in [0.25, 0.3) is 5.91 Å². The molecule has 3 aromatic rings. The standard InChI is InChI=1S/C28H29ClFN5O5/c1-39-24-11-16(4-5-22(24)30)23(15-36)33-25(37)14-35-13-18-3-2-17(10-20(18)27(35)38)26-21(29)12-31-28(34-26)32-19-6-8-40-9-7-19/h2-5,10-12,19,23,36H,6-9,13-15H2,1H3,(H,33,37)(H,31,32,34)/t23-/m1/s1. The van der Waals surface area contributed by atoms with Crippen molar-refractivity contribution in [2.75, 3.05) is 38.8 Å². The highest BCUT2D eigenvalue weighted by atomic mass is 35.5. The second-order valence-electron chi connectivity index (χ2n) is 9.65. The summed E-state index contributed by atoms with van der Waals surface area (Å²) >= 11 is 6.43. The third kappa shape index (κ3) is 6.01. The molecule has 2 aromatic carbocycles. The van der Waals surface area contributed by atoms with Gasteiger partial charge in [-0.1, -0.05) is 29.8 Å². The van der Waals surface area contributed by atoms with E-state index in [1.807, 2.05) is 12.1 Å². The molecular weight excluding hydrogens is 541 g/mol. The first-order valence-electron chi connectivity index (χ1n) is 12.9. The Morgan fingerprint density at radius 3 is 2.83 bits per heavy atom. The molecular formula is C28H29ClFN5O5. The van der Waals surface area contributed by atoms with Crippen molar-refractivity contribution in [3.63, 3.8) is 0 Å². The van der Waals surface area contributed by atoms with Crippen molar-refractivity contribution in [3.8, 4) is 17.0 Å². The Balaban J connectivity index is 1.27. The van der Waals surface area contributed by atoms with Gasteiger partial charge in [-0.3, -0.25) is 9.59 Å². The van der Waals surface area contributed by atoms with Crippen molar-refractivity contribution in [1.82, 2.24) is 20.2 Å². The van der Waals surface area contributed by atoms with E-state index >= 15 is 0 Å². The predicted octanol–water partition coefficient (Wildman–Crippen LogP) is 3.34. The highest BCUT2D eigenvalue weighted by Gasteiger charge is 2.30. The van der Waals surface area contributed by atoms with E-state index in [1.54, 1.807) is 6.07 Å². The number of nitrogens with one attached hydrogen (secondary N) is 2. The lowest BCUT2D eigenvalue weighted by Crippen LogP contribution is -2.40. The van der Waals surface area contributed by atoms with E-state index in [-0.39, 0.29) is 30.8 Å². The van der Waals surface area contributed by atoms with E-state index in [0.717, 1.165) is 18.4 Å². The number of aliphatic hydroxyl groups excluding tert-OH is 1. The molecule has 0 aliphatic carbocycles. The smallest absolute Gasteiger partial charge is 0.254 e. The molecule has 1 fully saturated rings. The van der Waals surface area contributed by atoms with Gasteiger partial charge in [-0.05, 0) is 42.2 Å². The van der Waals surface area contributed by atoms with E-state index in [4.69, 9.17) is 21.1 Å². The second kappa shape index (κ2) is 12.2. The number of carbonyl (C=O) groups excluding carboxylic acids is 2. The van der Waals surface area contributed by atoms with Crippen LogP contribution >= 0.6 is 11.6 Å². The average Bonchev–Trinajstić information content (AvgIpc) is 3.27. The molecule has 0 spiro atoms. The number of fused-ring (bicyclic) bond motifs is 1. The van der Waals surface area contributed by atoms with Crippen LogP contribution in [0.15, 0.2) is 42.6 Å². The summed E-state index contributed by atoms with van der Waals surface area (Å²) in [5, 5.41) is 16.2. The first kappa shape index (κ1) is 27.8. The molecule has 1 atom stereocenters. The van der Waals surface area contributed by atoms with Gasteiger partial charge in [0.1, 0.15) is 6.54 Å². The third-order valence-electron chi connectivity index (χ3n) is 6.99. The first-order chi connectivity index (χ1) is 19.4. The van der Waals surface area contributed by atoms with Gasteiger partial charge >= 0.3 is 0 Å². The fraction of sp³-hybridized carbons (Fsp3) is 0.357. The van der Waals surface area contributed by atoms with Crippen LogP contribution in [0.3, 0.4) is 0 Å². The fourth-order valence-corrected chi connectivity index (χ4v) is 5.04. The molecule has 1 aromatic heterocycles. The summed E-state index contributed by atoms with van der Waals surface area (Å²) < 4.78 is 24.2. The third-order valence-corrected chi connectivity index (χ3v) is 7.27. The molecule has 40 heavy (non-hydrogen) atoms. The molecule has 2 aliphatic rings. The highest BCUT2D eigenvalue weighted by Crippen LogP contribution is 2.32. The van der Waals surface area contributed by atoms with Crippen LogP contribution in [-0.4, -0.2) is 71.3 Å². The molecule has 5 rings (SSSR count). The molecule has 10 nitrogen and oxygen atoms in total. The number of aliphatic hydroxyl groups is 1. The van der Waals surface area contributed by atoms with Crippen LogP contribution < -0.4 is 15.4 Å². The summed E-state index contributed by atoms with van der Waals surface area (Å²) in [6.45, 7) is 0.987. The number of rotatable bonds is 9. The number of benzene rings is 2. The minimum atomic E-state index is -0.794. The highest BCUT2D eigenvalue weighted by molar-refractivity contribution is 6.33. The summed E-state index contributed by atoms with van der Waals surface area (Å²) in [6.07, 6.45) is 3.25. The van der Waals surface area contributed by atoms with Crippen molar-refractivity contribution in [1.29, 1.82) is 0 Å². The Morgan fingerprint density at radius 2 is 2.08 bits per heavy atom. The van der Waals surface area contributed by atoms with Crippen LogP contribution in [0.4, 0.5) is 10.3 Å². The second-order valence-corrected chi connectivity index (χ2v) is 10.1. The minimum Gasteiger partial charge on any atom is -0.494 e. The Kier molecular flexibility index (Phi) is 8.43. The van der Waals surface area contributed by atoms with E-state index in [1.165, 1.54) is 36.4 Å². The van der Waals surface area contributed by atoms with Crippen LogP contribution in [0.25, 0.3) is 11.3 Å². The van der Waals surface area contributed by atoms with Gasteiger partial charge in [-0.25, -0.2) is 14.4 Å². The van der Waals surface area contributed by atoms with Crippen LogP contribution in [0.2, 0.25) is 5.02 Å². The van der Waals surface area contributed by atoms with Crippen LogP contribution in [0.1, 0.15) is 40.4 Å². The fourth-order valence-electron chi connectivity index (χ4n) is 4.84. The van der Waals surface area contributed by atoms with E-state index < -0.39 is 24.4 Å². The van der Waals surface area contributed by atoms with Crippen molar-refractivity contribution in [2.45, 2.75) is 31.5 Å². The monoisotopic (exact) mass is 569 g/mol. The van der Waals surface area contributed by atoms with Gasteiger partial charge in [0.15, 0.2) is 11.6 Å². The average molecular weight is 570 g/mol. The molecule has 12 heteroatoms. The summed E-state index contributed by atoms with van der Waals surface area (Å²) in [5.41, 5.74) is 2.86. The number of aromatic nitrogens is 2. The van der Waals surface area contributed by atoms with E-state index in [2.05, 4.69) is 20.6 Å². The summed E-state index contributed by atoms with van der Waals surface area (Å²) in [4.78, 5) is 36.4. The SMILES string of the molecule is COc1cc([C@@H](CO)NC(=O)CN2Cc3ccc(-c4nc(NC5CCOCC5)ncc4Cl)cc3C2=O)ccc1F. The number of hydrogen-bond acceptors (Lipinski definition) is 8. The molecule has 2 amide bonds. The lowest BCUT2D eigenvalue weighted by atomic mass is 10.0. The van der Waals surface area contributed by atoms with Crippen LogP contribution in [-0.2, 0) is 16.1 Å². The summed E-state index contributed by atoms with van der Waals surface area (Å²) in [5.74, 6) is -0.868. The number of anilines is 1. The largest absolute Gasteiger partial charge is 0.494 e. The van der Waals surface area contributed by atoms with Crippen molar-refractivity contribution >= 4 is 29.4 Å². The predicted molar refractivity (Wildman–Crippen MR) is 146 cm³/mol. The number of amides is 2. The minimum absolute atomic E-state index is 0.00134. The molecule has 2 aliphatic heterocycles. The van der Waals surface area contributed by atoms with Gasteiger partial charge in [-0.15, -0.1) is 0 Å². The maximum absolute atomic E-state index is 13.8. The van der Waals surface area contributed by atoms with Gasteiger partial charge < -0.3 is 30.1 Å². The topological polar surface area (TPSA) is 126 Å². The normalized spacial score (nSPS) is 16.0. The van der Waals surface area contributed by atoms with Crippen molar-refractivity contribution in [3.05, 3.63) is 70.1 Å². The molecule has 3 N–H and O–H groups in total. The van der Waals surface area contributed by atoms with Crippen LogP contribution in [0, 0.1) is 5.82 Å². The van der Waals surface area contributed by atoms with E-state index in [9.17, 15) is 19.1 Å². The first-order valence-corrected chi connectivity index (χ1v) is 13.3.